The molecule has 0 N–H and O–H groups in total. The Kier molecular flexibility index (Phi) is 7.08. The molecule has 0 saturated carbocycles. The zero-order valence-corrected chi connectivity index (χ0v) is 22.4. The number of ketones is 1. The zero-order chi connectivity index (χ0) is 27.8. The van der Waals surface area contributed by atoms with Crippen molar-refractivity contribution in [3.05, 3.63) is 134 Å². The van der Waals surface area contributed by atoms with Gasteiger partial charge in [-0.1, -0.05) is 77.8 Å². The number of Topliss-reactive ketones (excluding diaryl/α,β-unsaturated/α-hetero) is 1. The average molecular weight is 558 g/mol. The number of anilines is 1. The fourth-order valence-electron chi connectivity index (χ4n) is 4.41. The molecule has 4 aromatic carbocycles. The van der Waals surface area contributed by atoms with Crippen LogP contribution in [0.25, 0.3) is 0 Å². The van der Waals surface area contributed by atoms with Crippen LogP contribution in [0.3, 0.4) is 0 Å². The Labute approximate surface area is 234 Å². The standard InChI is InChI=1S/C31H21Cl2NO5/c1-17-12-13-20(14-18(17)2)27(35)28(19-8-4-3-5-9-19)39-31(38)21-10-6-7-11-26(21)34-29(36)22-15-24(32)25(33)16-23(22)30(34)37/h3-16,28H,1-2H3/t28-/m0/s1. The summed E-state index contributed by atoms with van der Waals surface area (Å²) >= 11 is 12.1. The van der Waals surface area contributed by atoms with Gasteiger partial charge in [-0.15, -0.1) is 0 Å². The van der Waals surface area contributed by atoms with Gasteiger partial charge >= 0.3 is 5.97 Å². The number of hydrogen-bond acceptors (Lipinski definition) is 5. The summed E-state index contributed by atoms with van der Waals surface area (Å²) in [6.07, 6.45) is -1.26. The molecular weight excluding hydrogens is 537 g/mol. The van der Waals surface area contributed by atoms with Crippen molar-refractivity contribution >= 4 is 52.5 Å². The first-order valence-corrected chi connectivity index (χ1v) is 12.8. The number of aryl methyl sites for hydroxylation is 2. The lowest BCUT2D eigenvalue weighted by Gasteiger charge is -2.21. The molecule has 39 heavy (non-hydrogen) atoms. The number of carbonyl (C=O) groups is 4. The maximum Gasteiger partial charge on any atom is 0.341 e. The second-order valence-electron chi connectivity index (χ2n) is 9.13. The second kappa shape index (κ2) is 10.5. The topological polar surface area (TPSA) is 80.8 Å². The van der Waals surface area contributed by atoms with E-state index in [4.69, 9.17) is 27.9 Å². The number of esters is 1. The van der Waals surface area contributed by atoms with Gasteiger partial charge in [0.05, 0.1) is 32.4 Å². The molecule has 0 radical (unpaired) electrons. The molecule has 5 rings (SSSR count). The number of para-hydroxylation sites is 1. The number of benzene rings is 4. The molecule has 4 aromatic rings. The van der Waals surface area contributed by atoms with E-state index in [2.05, 4.69) is 0 Å². The van der Waals surface area contributed by atoms with Crippen molar-refractivity contribution in [3.63, 3.8) is 0 Å². The summed E-state index contributed by atoms with van der Waals surface area (Å²) in [6, 6.07) is 22.7. The van der Waals surface area contributed by atoms with Crippen molar-refractivity contribution in [3.8, 4) is 0 Å². The maximum atomic E-state index is 13.6. The minimum atomic E-state index is -1.26. The number of fused-ring (bicyclic) bond motifs is 1. The normalized spacial score (nSPS) is 13.3. The van der Waals surface area contributed by atoms with Crippen LogP contribution in [0.2, 0.25) is 10.0 Å². The Hall–Kier alpha value is -4.26. The number of halogens is 2. The van der Waals surface area contributed by atoms with Crippen LogP contribution in [0.1, 0.15) is 64.2 Å². The van der Waals surface area contributed by atoms with Gasteiger partial charge in [-0.05, 0) is 55.3 Å². The van der Waals surface area contributed by atoms with Crippen LogP contribution in [-0.2, 0) is 4.74 Å². The first kappa shape index (κ1) is 26.4. The zero-order valence-electron chi connectivity index (χ0n) is 20.9. The molecule has 0 saturated heterocycles. The fraction of sp³-hybridized carbons (Fsp3) is 0.0968. The summed E-state index contributed by atoms with van der Waals surface area (Å²) < 4.78 is 5.82. The fourth-order valence-corrected chi connectivity index (χ4v) is 4.74. The van der Waals surface area contributed by atoms with E-state index >= 15 is 0 Å². The van der Waals surface area contributed by atoms with Gasteiger partial charge in [0.25, 0.3) is 11.8 Å². The van der Waals surface area contributed by atoms with E-state index < -0.39 is 29.7 Å². The number of imide groups is 1. The first-order chi connectivity index (χ1) is 18.7. The highest BCUT2D eigenvalue weighted by molar-refractivity contribution is 6.44. The van der Waals surface area contributed by atoms with Gasteiger partial charge in [0.1, 0.15) is 0 Å². The molecule has 1 heterocycles. The SMILES string of the molecule is Cc1ccc(C(=O)[C@@H](OC(=O)c2ccccc2N2C(=O)c3cc(Cl)c(Cl)cc3C2=O)c2ccccc2)cc1C. The molecule has 2 amide bonds. The summed E-state index contributed by atoms with van der Waals surface area (Å²) in [4.78, 5) is 54.6. The van der Waals surface area contributed by atoms with E-state index in [9.17, 15) is 19.2 Å². The maximum absolute atomic E-state index is 13.6. The molecule has 0 bridgehead atoms. The van der Waals surface area contributed by atoms with Crippen LogP contribution in [0.5, 0.6) is 0 Å². The van der Waals surface area contributed by atoms with E-state index in [-0.39, 0.29) is 32.4 Å². The van der Waals surface area contributed by atoms with E-state index in [1.807, 2.05) is 19.9 Å². The van der Waals surface area contributed by atoms with Crippen LogP contribution >= 0.6 is 23.2 Å². The predicted octanol–water partition coefficient (Wildman–Crippen LogP) is 7.19. The van der Waals surface area contributed by atoms with Crippen molar-refractivity contribution in [2.24, 2.45) is 0 Å². The van der Waals surface area contributed by atoms with Gasteiger partial charge < -0.3 is 4.74 Å². The van der Waals surface area contributed by atoms with E-state index in [1.54, 1.807) is 54.6 Å². The monoisotopic (exact) mass is 557 g/mol. The Bertz CT molecular complexity index is 1620. The van der Waals surface area contributed by atoms with Crippen LogP contribution in [-0.4, -0.2) is 23.6 Å². The van der Waals surface area contributed by atoms with Crippen molar-refractivity contribution in [2.75, 3.05) is 4.90 Å². The third-order valence-corrected chi connectivity index (χ3v) is 7.37. The number of rotatable bonds is 6. The quantitative estimate of drug-likeness (QED) is 0.142. The summed E-state index contributed by atoms with van der Waals surface area (Å²) in [5, 5.41) is 0.253. The molecular formula is C31H21Cl2NO5. The highest BCUT2D eigenvalue weighted by atomic mass is 35.5. The van der Waals surface area contributed by atoms with Gasteiger partial charge in [-0.3, -0.25) is 14.4 Å². The van der Waals surface area contributed by atoms with E-state index in [0.717, 1.165) is 16.0 Å². The Morgan fingerprint density at radius 1 is 0.744 bits per heavy atom. The number of carbonyl (C=O) groups excluding carboxylic acids is 4. The van der Waals surface area contributed by atoms with Gasteiger partial charge in [0.2, 0.25) is 5.78 Å². The van der Waals surface area contributed by atoms with Crippen LogP contribution in [0.15, 0.2) is 84.9 Å². The van der Waals surface area contributed by atoms with Crippen molar-refractivity contribution in [1.29, 1.82) is 0 Å². The Morgan fingerprint density at radius 2 is 1.33 bits per heavy atom. The van der Waals surface area contributed by atoms with Gasteiger partial charge in [0.15, 0.2) is 6.10 Å². The summed E-state index contributed by atoms with van der Waals surface area (Å²) in [6.45, 7) is 3.84. The lowest BCUT2D eigenvalue weighted by atomic mass is 9.97. The van der Waals surface area contributed by atoms with Crippen LogP contribution in [0.4, 0.5) is 5.69 Å². The molecule has 0 fully saturated rings. The molecule has 1 atom stereocenters. The molecule has 1 aliphatic rings. The highest BCUT2D eigenvalue weighted by Gasteiger charge is 2.39. The molecule has 0 unspecified atom stereocenters. The molecule has 0 aromatic heterocycles. The largest absolute Gasteiger partial charge is 0.445 e. The smallest absolute Gasteiger partial charge is 0.341 e. The highest BCUT2D eigenvalue weighted by Crippen LogP contribution is 2.36. The van der Waals surface area contributed by atoms with Gasteiger partial charge in [-0.2, -0.15) is 0 Å². The summed E-state index contributed by atoms with van der Waals surface area (Å²) in [5.74, 6) is -2.58. The lowest BCUT2D eigenvalue weighted by Crippen LogP contribution is -2.31. The molecule has 8 heteroatoms. The van der Waals surface area contributed by atoms with Gasteiger partial charge in [-0.25, -0.2) is 9.69 Å². The van der Waals surface area contributed by atoms with Crippen LogP contribution < -0.4 is 4.90 Å². The molecule has 1 aliphatic heterocycles. The molecule has 0 spiro atoms. The van der Waals surface area contributed by atoms with Gasteiger partial charge in [0, 0.05) is 11.1 Å². The first-order valence-electron chi connectivity index (χ1n) is 12.0. The Balaban J connectivity index is 1.52. The number of nitrogens with zero attached hydrogens (tertiary/aromatic N) is 1. The second-order valence-corrected chi connectivity index (χ2v) is 9.95. The predicted molar refractivity (Wildman–Crippen MR) is 149 cm³/mol. The third kappa shape index (κ3) is 4.85. The Morgan fingerprint density at radius 3 is 1.95 bits per heavy atom. The lowest BCUT2D eigenvalue weighted by molar-refractivity contribution is 0.0281. The number of ether oxygens (including phenoxy) is 1. The van der Waals surface area contributed by atoms with Crippen molar-refractivity contribution in [1.82, 2.24) is 0 Å². The minimum absolute atomic E-state index is 0.0198. The van der Waals surface area contributed by atoms with E-state index in [0.29, 0.717) is 11.1 Å². The molecule has 6 nitrogen and oxygen atoms in total. The molecule has 194 valence electrons. The van der Waals surface area contributed by atoms with Crippen LogP contribution in [0, 0.1) is 13.8 Å². The van der Waals surface area contributed by atoms with Crippen molar-refractivity contribution in [2.45, 2.75) is 20.0 Å². The average Bonchev–Trinajstić information content (AvgIpc) is 3.17. The summed E-state index contributed by atoms with van der Waals surface area (Å²) in [5.41, 5.74) is 2.94. The molecule has 0 aliphatic carbocycles. The minimum Gasteiger partial charge on any atom is -0.445 e. The number of amides is 2. The van der Waals surface area contributed by atoms with E-state index in [1.165, 1.54) is 24.3 Å². The number of hydrogen-bond donors (Lipinski definition) is 0. The third-order valence-electron chi connectivity index (χ3n) is 6.65. The summed E-state index contributed by atoms with van der Waals surface area (Å²) in [7, 11) is 0. The van der Waals surface area contributed by atoms with Crippen molar-refractivity contribution < 1.29 is 23.9 Å².